The lowest BCUT2D eigenvalue weighted by Gasteiger charge is -2.39. The van der Waals surface area contributed by atoms with Crippen LogP contribution >= 0.6 is 0 Å². The van der Waals surface area contributed by atoms with Gasteiger partial charge >= 0.3 is 6.09 Å². The van der Waals surface area contributed by atoms with E-state index in [2.05, 4.69) is 0 Å². The van der Waals surface area contributed by atoms with Crippen molar-refractivity contribution in [2.24, 2.45) is 11.8 Å². The maximum atomic E-state index is 13.4. The summed E-state index contributed by atoms with van der Waals surface area (Å²) >= 11 is 0. The molecule has 1 saturated heterocycles. The molecule has 7 heteroatoms. The lowest BCUT2D eigenvalue weighted by molar-refractivity contribution is -0.135. The minimum absolute atomic E-state index is 0.0239. The average Bonchev–Trinajstić information content (AvgIpc) is 3.39. The van der Waals surface area contributed by atoms with Crippen LogP contribution < -0.4 is 4.74 Å². The van der Waals surface area contributed by atoms with Crippen LogP contribution in [0.2, 0.25) is 0 Å². The minimum Gasteiger partial charge on any atom is -0.492 e. The molecule has 2 aromatic rings. The van der Waals surface area contributed by atoms with Crippen molar-refractivity contribution in [3.63, 3.8) is 0 Å². The second-order valence-electron chi connectivity index (χ2n) is 9.46. The first kappa shape index (κ1) is 21.9. The Morgan fingerprint density at radius 3 is 2.52 bits per heavy atom. The number of hydrogen-bond acceptors (Lipinski definition) is 4. The van der Waals surface area contributed by atoms with E-state index in [9.17, 15) is 18.4 Å². The fourth-order valence-electron chi connectivity index (χ4n) is 5.64. The number of ether oxygens (including phenoxy) is 2. The molecule has 2 atom stereocenters. The molecule has 1 saturated carbocycles. The molecule has 174 valence electrons. The van der Waals surface area contributed by atoms with Gasteiger partial charge in [-0.2, -0.15) is 0 Å². The minimum atomic E-state index is -2.52. The molecular weight excluding hydrogens is 428 g/mol. The largest absolute Gasteiger partial charge is 0.492 e. The zero-order chi connectivity index (χ0) is 23.2. The smallest absolute Gasteiger partial charge is 0.417 e. The van der Waals surface area contributed by atoms with Gasteiger partial charge < -0.3 is 9.47 Å². The predicted octanol–water partition coefficient (Wildman–Crippen LogP) is 5.80. The van der Waals surface area contributed by atoms with Gasteiger partial charge in [0.25, 0.3) is 6.43 Å². The Morgan fingerprint density at radius 1 is 1.09 bits per heavy atom. The quantitative estimate of drug-likeness (QED) is 0.585. The number of nitrogens with zero attached hydrogens (tertiary/aromatic N) is 1. The highest BCUT2D eigenvalue weighted by Gasteiger charge is 2.47. The van der Waals surface area contributed by atoms with Crippen LogP contribution in [0.15, 0.2) is 48.5 Å². The Kier molecular flexibility index (Phi) is 5.59. The number of carbonyl (C=O) groups excluding carboxylic acids is 2. The van der Waals surface area contributed by atoms with E-state index in [0.717, 1.165) is 36.8 Å². The monoisotopic (exact) mass is 455 g/mol. The third-order valence-corrected chi connectivity index (χ3v) is 7.71. The number of halogens is 2. The summed E-state index contributed by atoms with van der Waals surface area (Å²) in [5, 5.41) is 0. The van der Waals surface area contributed by atoms with E-state index >= 15 is 0 Å². The van der Waals surface area contributed by atoms with E-state index in [1.807, 2.05) is 37.3 Å². The Balaban J connectivity index is 1.28. The van der Waals surface area contributed by atoms with Crippen molar-refractivity contribution >= 4 is 12.0 Å². The molecule has 2 amide bonds. The molecule has 2 aliphatic heterocycles. The van der Waals surface area contributed by atoms with Crippen LogP contribution in [0.5, 0.6) is 5.75 Å². The first-order valence-corrected chi connectivity index (χ1v) is 11.5. The molecule has 2 aromatic carbocycles. The SMILES string of the molecule is C[C@H](C(=O)N1C(=O)OC[C@@H]1c1ccccc1)C1CCC2(CC1)COc1cc(C(F)F)ccc12. The highest BCUT2D eigenvalue weighted by Crippen LogP contribution is 2.51. The summed E-state index contributed by atoms with van der Waals surface area (Å²) in [5.74, 6) is 0.178. The highest BCUT2D eigenvalue weighted by molar-refractivity contribution is 5.95. The predicted molar refractivity (Wildman–Crippen MR) is 117 cm³/mol. The second-order valence-corrected chi connectivity index (χ2v) is 9.46. The van der Waals surface area contributed by atoms with E-state index in [1.165, 1.54) is 17.0 Å². The van der Waals surface area contributed by atoms with Crippen molar-refractivity contribution in [3.05, 3.63) is 65.2 Å². The van der Waals surface area contributed by atoms with Crippen LogP contribution in [0, 0.1) is 11.8 Å². The van der Waals surface area contributed by atoms with Gasteiger partial charge in [0.15, 0.2) is 0 Å². The van der Waals surface area contributed by atoms with Crippen molar-refractivity contribution < 1.29 is 27.8 Å². The third-order valence-electron chi connectivity index (χ3n) is 7.71. The maximum Gasteiger partial charge on any atom is 0.417 e. The number of fused-ring (bicyclic) bond motifs is 2. The van der Waals surface area contributed by atoms with Gasteiger partial charge in [-0.15, -0.1) is 0 Å². The van der Waals surface area contributed by atoms with E-state index in [1.54, 1.807) is 6.07 Å². The van der Waals surface area contributed by atoms with Crippen LogP contribution in [0.4, 0.5) is 13.6 Å². The first-order valence-electron chi connectivity index (χ1n) is 11.5. The highest BCUT2D eigenvalue weighted by atomic mass is 19.3. The Hall–Kier alpha value is -2.96. The Bertz CT molecular complexity index is 1050. The molecule has 0 radical (unpaired) electrons. The molecule has 1 spiro atoms. The number of imide groups is 1. The van der Waals surface area contributed by atoms with Crippen LogP contribution in [0.1, 0.15) is 61.8 Å². The van der Waals surface area contributed by atoms with Crippen molar-refractivity contribution in [2.75, 3.05) is 13.2 Å². The zero-order valence-electron chi connectivity index (χ0n) is 18.5. The number of hydrogen-bond donors (Lipinski definition) is 0. The van der Waals surface area contributed by atoms with Crippen LogP contribution in [0.25, 0.3) is 0 Å². The van der Waals surface area contributed by atoms with Crippen molar-refractivity contribution in [1.29, 1.82) is 0 Å². The molecule has 0 aromatic heterocycles. The molecule has 5 nitrogen and oxygen atoms in total. The van der Waals surface area contributed by atoms with Gasteiger partial charge in [0, 0.05) is 22.5 Å². The van der Waals surface area contributed by atoms with E-state index in [4.69, 9.17) is 9.47 Å². The number of amides is 2. The molecular formula is C26H27F2NO4. The Labute approximate surface area is 191 Å². The number of benzene rings is 2. The number of rotatable bonds is 4. The average molecular weight is 456 g/mol. The zero-order valence-corrected chi connectivity index (χ0v) is 18.5. The fourth-order valence-corrected chi connectivity index (χ4v) is 5.64. The second kappa shape index (κ2) is 8.43. The topological polar surface area (TPSA) is 55.8 Å². The molecule has 0 unspecified atom stereocenters. The summed E-state index contributed by atoms with van der Waals surface area (Å²) < 4.78 is 37.1. The molecule has 5 rings (SSSR count). The summed E-state index contributed by atoms with van der Waals surface area (Å²) in [4.78, 5) is 27.1. The molecule has 2 heterocycles. The molecule has 0 N–H and O–H groups in total. The van der Waals surface area contributed by atoms with Gasteiger partial charge in [0.1, 0.15) is 18.4 Å². The summed E-state index contributed by atoms with van der Waals surface area (Å²) in [7, 11) is 0. The summed E-state index contributed by atoms with van der Waals surface area (Å²) in [6.07, 6.45) is 0.165. The molecule has 2 fully saturated rings. The molecule has 0 bridgehead atoms. The summed E-state index contributed by atoms with van der Waals surface area (Å²) in [5.41, 5.74) is 1.67. The lowest BCUT2D eigenvalue weighted by Crippen LogP contribution is -2.42. The van der Waals surface area contributed by atoms with Crippen LogP contribution in [0.3, 0.4) is 0 Å². The van der Waals surface area contributed by atoms with Gasteiger partial charge in [-0.25, -0.2) is 18.5 Å². The van der Waals surface area contributed by atoms with E-state index < -0.39 is 18.6 Å². The van der Waals surface area contributed by atoms with Gasteiger partial charge in [-0.1, -0.05) is 49.4 Å². The summed E-state index contributed by atoms with van der Waals surface area (Å²) in [6.45, 7) is 2.55. The molecule has 1 aliphatic carbocycles. The van der Waals surface area contributed by atoms with Gasteiger partial charge in [-0.05, 0) is 43.2 Å². The number of carbonyl (C=O) groups is 2. The third kappa shape index (κ3) is 3.77. The summed E-state index contributed by atoms with van der Waals surface area (Å²) in [6, 6.07) is 13.8. The number of alkyl halides is 2. The van der Waals surface area contributed by atoms with Crippen molar-refractivity contribution in [3.8, 4) is 5.75 Å². The van der Waals surface area contributed by atoms with Gasteiger partial charge in [-0.3, -0.25) is 4.79 Å². The van der Waals surface area contributed by atoms with E-state index in [0.29, 0.717) is 12.4 Å². The molecule has 3 aliphatic rings. The Morgan fingerprint density at radius 2 is 1.82 bits per heavy atom. The van der Waals surface area contributed by atoms with Gasteiger partial charge in [0.2, 0.25) is 5.91 Å². The molecule has 33 heavy (non-hydrogen) atoms. The normalized spacial score (nSPS) is 27.4. The fraction of sp³-hybridized carbons (Fsp3) is 0.462. The standard InChI is InChI=1S/C26H27F2NO4/c1-16(24(30)29-21(14-32-25(29)31)18-5-3-2-4-6-18)17-9-11-26(12-10-17)15-33-22-13-19(23(27)28)7-8-20(22)26/h2-8,13,16-17,21,23H,9-12,14-15H2,1H3/t16-,17?,21+,26?/m0/s1. The van der Waals surface area contributed by atoms with Gasteiger partial charge in [0.05, 0.1) is 6.61 Å². The lowest BCUT2D eigenvalue weighted by atomic mass is 9.65. The maximum absolute atomic E-state index is 13.4. The van der Waals surface area contributed by atoms with E-state index in [-0.39, 0.29) is 35.3 Å². The van der Waals surface area contributed by atoms with Crippen molar-refractivity contribution in [1.82, 2.24) is 4.90 Å². The van der Waals surface area contributed by atoms with Crippen LogP contribution in [-0.2, 0) is 14.9 Å². The first-order chi connectivity index (χ1) is 15.9. The number of cyclic esters (lactones) is 1. The van der Waals surface area contributed by atoms with Crippen LogP contribution in [-0.4, -0.2) is 30.1 Å². The van der Waals surface area contributed by atoms with Crippen molar-refractivity contribution in [2.45, 2.75) is 50.5 Å².